The van der Waals surface area contributed by atoms with Crippen molar-refractivity contribution in [3.63, 3.8) is 0 Å². The molecule has 2 aliphatic rings. The van der Waals surface area contributed by atoms with Crippen molar-refractivity contribution in [1.82, 2.24) is 20.1 Å². The molecule has 1 aromatic rings. The average Bonchev–Trinajstić information content (AvgIpc) is 3.11. The van der Waals surface area contributed by atoms with E-state index in [-0.39, 0.29) is 0 Å². The number of carbonyl (C=O) groups is 1. The van der Waals surface area contributed by atoms with Crippen molar-refractivity contribution in [2.24, 2.45) is 5.92 Å². The van der Waals surface area contributed by atoms with Gasteiger partial charge in [0.05, 0.1) is 6.54 Å². The van der Waals surface area contributed by atoms with Crippen molar-refractivity contribution in [1.29, 1.82) is 0 Å². The first-order valence-electron chi connectivity index (χ1n) is 6.63. The molecule has 2 heterocycles. The van der Waals surface area contributed by atoms with E-state index < -0.39 is 12.0 Å². The van der Waals surface area contributed by atoms with E-state index in [1.807, 2.05) is 0 Å². The summed E-state index contributed by atoms with van der Waals surface area (Å²) in [4.78, 5) is 11.1. The number of carboxylic acid groups (broad SMARTS) is 1. The molecule has 6 heteroatoms. The van der Waals surface area contributed by atoms with E-state index in [9.17, 15) is 4.79 Å². The van der Waals surface area contributed by atoms with Crippen LogP contribution in [0, 0.1) is 5.92 Å². The smallest absolute Gasteiger partial charge is 0.320 e. The molecule has 0 amide bonds. The lowest BCUT2D eigenvalue weighted by Crippen LogP contribution is -2.38. The Morgan fingerprint density at radius 2 is 2.28 bits per heavy atom. The fourth-order valence-electron chi connectivity index (χ4n) is 2.59. The summed E-state index contributed by atoms with van der Waals surface area (Å²) in [6, 6.07) is -0.429. The molecule has 3 rings (SSSR count). The first kappa shape index (κ1) is 11.6. The zero-order valence-corrected chi connectivity index (χ0v) is 10.3. The number of rotatable bonds is 5. The minimum absolute atomic E-state index is 0.297. The Kier molecular flexibility index (Phi) is 3.03. The topological polar surface area (TPSA) is 80.0 Å². The first-order chi connectivity index (χ1) is 8.75. The molecule has 18 heavy (non-hydrogen) atoms. The van der Waals surface area contributed by atoms with Gasteiger partial charge in [-0.3, -0.25) is 10.1 Å². The maximum Gasteiger partial charge on any atom is 0.320 e. The van der Waals surface area contributed by atoms with Gasteiger partial charge in [0.1, 0.15) is 17.7 Å². The van der Waals surface area contributed by atoms with E-state index in [1.54, 1.807) is 0 Å². The molecule has 0 radical (unpaired) electrons. The van der Waals surface area contributed by atoms with Gasteiger partial charge in [-0.15, -0.1) is 10.2 Å². The molecule has 98 valence electrons. The fraction of sp³-hybridized carbons (Fsp3) is 0.750. The molecule has 0 saturated heterocycles. The summed E-state index contributed by atoms with van der Waals surface area (Å²) in [5.41, 5.74) is 0. The Labute approximate surface area is 105 Å². The van der Waals surface area contributed by atoms with Gasteiger partial charge in [0.25, 0.3) is 0 Å². The van der Waals surface area contributed by atoms with Gasteiger partial charge in [-0.25, -0.2) is 0 Å². The summed E-state index contributed by atoms with van der Waals surface area (Å²) >= 11 is 0. The van der Waals surface area contributed by atoms with Gasteiger partial charge < -0.3 is 9.67 Å². The number of hydrogen-bond donors (Lipinski definition) is 2. The van der Waals surface area contributed by atoms with Gasteiger partial charge in [-0.1, -0.05) is 0 Å². The van der Waals surface area contributed by atoms with Crippen molar-refractivity contribution in [3.8, 4) is 0 Å². The minimum Gasteiger partial charge on any atom is -0.480 e. The second-order valence-corrected chi connectivity index (χ2v) is 5.18. The molecule has 6 nitrogen and oxygen atoms in total. The molecule has 1 aliphatic carbocycles. The number of fused-ring (bicyclic) bond motifs is 1. The highest BCUT2D eigenvalue weighted by atomic mass is 16.4. The monoisotopic (exact) mass is 250 g/mol. The van der Waals surface area contributed by atoms with E-state index in [1.165, 1.54) is 6.42 Å². The Hall–Kier alpha value is -1.43. The summed E-state index contributed by atoms with van der Waals surface area (Å²) in [5.74, 6) is 1.45. The molecule has 1 atom stereocenters. The second kappa shape index (κ2) is 4.68. The minimum atomic E-state index is -0.754. The van der Waals surface area contributed by atoms with Crippen molar-refractivity contribution >= 4 is 5.97 Å². The molecule has 1 fully saturated rings. The first-order valence-corrected chi connectivity index (χ1v) is 6.63. The molecule has 0 bridgehead atoms. The normalized spacial score (nSPS) is 20.4. The summed E-state index contributed by atoms with van der Waals surface area (Å²) in [6.07, 6.45) is 5.34. The predicted octanol–water partition coefficient (Wildman–Crippen LogP) is 0.567. The zero-order chi connectivity index (χ0) is 12.5. The van der Waals surface area contributed by atoms with Gasteiger partial charge in [0, 0.05) is 13.0 Å². The molecule has 1 aliphatic heterocycles. The molecular weight excluding hydrogens is 232 g/mol. The van der Waals surface area contributed by atoms with Gasteiger partial charge in [0.15, 0.2) is 0 Å². The Bertz CT molecular complexity index is 453. The highest BCUT2D eigenvalue weighted by Gasteiger charge is 2.36. The SMILES string of the molecule is O=C(O)C(NCc1nnc2n1CCCC2)C1CC1. The third-order valence-corrected chi connectivity index (χ3v) is 3.78. The molecule has 2 N–H and O–H groups in total. The number of hydrogen-bond acceptors (Lipinski definition) is 4. The highest BCUT2D eigenvalue weighted by molar-refractivity contribution is 5.74. The average molecular weight is 250 g/mol. The van der Waals surface area contributed by atoms with Crippen LogP contribution in [-0.2, 0) is 24.3 Å². The van der Waals surface area contributed by atoms with Crippen LogP contribution in [0.2, 0.25) is 0 Å². The summed E-state index contributed by atoms with van der Waals surface area (Å²) in [5, 5.41) is 20.6. The molecule has 0 spiro atoms. The van der Waals surface area contributed by atoms with E-state index in [0.717, 1.165) is 43.9 Å². The standard InChI is InChI=1S/C12H18N4O2/c17-12(18)11(8-4-5-8)13-7-10-15-14-9-3-1-2-6-16(9)10/h8,11,13H,1-7H2,(H,17,18). The molecular formula is C12H18N4O2. The quantitative estimate of drug-likeness (QED) is 0.798. The largest absolute Gasteiger partial charge is 0.480 e. The van der Waals surface area contributed by atoms with Crippen LogP contribution in [0.5, 0.6) is 0 Å². The Morgan fingerprint density at radius 3 is 3.00 bits per heavy atom. The Balaban J connectivity index is 1.65. The number of aliphatic carboxylic acids is 1. The van der Waals surface area contributed by atoms with Gasteiger partial charge in [0.2, 0.25) is 0 Å². The fourth-order valence-corrected chi connectivity index (χ4v) is 2.59. The number of carboxylic acids is 1. The maximum absolute atomic E-state index is 11.1. The highest BCUT2D eigenvalue weighted by Crippen LogP contribution is 2.32. The van der Waals surface area contributed by atoms with Crippen molar-refractivity contribution in [2.45, 2.75) is 51.2 Å². The second-order valence-electron chi connectivity index (χ2n) is 5.18. The number of nitrogens with one attached hydrogen (secondary N) is 1. The lowest BCUT2D eigenvalue weighted by Gasteiger charge is -2.17. The van der Waals surface area contributed by atoms with Crippen LogP contribution in [0.25, 0.3) is 0 Å². The van der Waals surface area contributed by atoms with E-state index in [4.69, 9.17) is 5.11 Å². The summed E-state index contributed by atoms with van der Waals surface area (Å²) < 4.78 is 2.13. The van der Waals surface area contributed by atoms with Gasteiger partial charge in [-0.2, -0.15) is 0 Å². The van der Waals surface area contributed by atoms with E-state index in [0.29, 0.717) is 12.5 Å². The summed E-state index contributed by atoms with van der Waals surface area (Å²) in [6.45, 7) is 1.46. The van der Waals surface area contributed by atoms with Crippen LogP contribution < -0.4 is 5.32 Å². The van der Waals surface area contributed by atoms with Crippen LogP contribution in [0.15, 0.2) is 0 Å². The van der Waals surface area contributed by atoms with Gasteiger partial charge >= 0.3 is 5.97 Å². The lowest BCUT2D eigenvalue weighted by molar-refractivity contribution is -0.140. The van der Waals surface area contributed by atoms with Crippen molar-refractivity contribution in [2.75, 3.05) is 0 Å². The predicted molar refractivity (Wildman–Crippen MR) is 63.9 cm³/mol. The van der Waals surface area contributed by atoms with E-state index in [2.05, 4.69) is 20.1 Å². The maximum atomic E-state index is 11.1. The van der Waals surface area contributed by atoms with Crippen molar-refractivity contribution in [3.05, 3.63) is 11.6 Å². The van der Waals surface area contributed by atoms with Crippen LogP contribution in [0.1, 0.15) is 37.3 Å². The third kappa shape index (κ3) is 2.25. The molecule has 1 saturated carbocycles. The molecule has 0 aromatic carbocycles. The van der Waals surface area contributed by atoms with E-state index >= 15 is 0 Å². The zero-order valence-electron chi connectivity index (χ0n) is 10.3. The van der Waals surface area contributed by atoms with Crippen LogP contribution in [0.4, 0.5) is 0 Å². The third-order valence-electron chi connectivity index (χ3n) is 3.78. The number of nitrogens with zero attached hydrogens (tertiary/aromatic N) is 3. The number of aromatic nitrogens is 3. The summed E-state index contributed by atoms with van der Waals surface area (Å²) in [7, 11) is 0. The van der Waals surface area contributed by atoms with Crippen LogP contribution in [-0.4, -0.2) is 31.9 Å². The lowest BCUT2D eigenvalue weighted by atomic mass is 10.1. The molecule has 1 aromatic heterocycles. The Morgan fingerprint density at radius 1 is 1.44 bits per heavy atom. The van der Waals surface area contributed by atoms with Gasteiger partial charge in [-0.05, 0) is 31.6 Å². The number of aryl methyl sites for hydroxylation is 1. The molecule has 1 unspecified atom stereocenters. The van der Waals surface area contributed by atoms with Crippen LogP contribution >= 0.6 is 0 Å². The van der Waals surface area contributed by atoms with Crippen molar-refractivity contribution < 1.29 is 9.90 Å². The van der Waals surface area contributed by atoms with Crippen LogP contribution in [0.3, 0.4) is 0 Å².